The first-order chi connectivity index (χ1) is 13.0. The molecule has 0 aliphatic carbocycles. The van der Waals surface area contributed by atoms with E-state index in [1.54, 1.807) is 0 Å². The number of anilines is 1. The molecule has 27 heavy (non-hydrogen) atoms. The monoisotopic (exact) mass is 367 g/mol. The maximum Gasteiger partial charge on any atom is 0.297 e. The molecule has 1 N–H and O–H groups in total. The van der Waals surface area contributed by atoms with Gasteiger partial charge in [0.15, 0.2) is 0 Å². The lowest BCUT2D eigenvalue weighted by Crippen LogP contribution is -2.41. The van der Waals surface area contributed by atoms with Crippen molar-refractivity contribution < 1.29 is 4.74 Å². The highest BCUT2D eigenvalue weighted by atomic mass is 16.5. The van der Waals surface area contributed by atoms with Crippen LogP contribution < -0.4 is 10.5 Å². The van der Waals surface area contributed by atoms with Crippen molar-refractivity contribution in [2.24, 2.45) is 0 Å². The van der Waals surface area contributed by atoms with Crippen LogP contribution in [0.5, 0.6) is 0 Å². The van der Waals surface area contributed by atoms with Crippen LogP contribution in [-0.2, 0) is 11.3 Å². The average Bonchev–Trinajstić information content (AvgIpc) is 3.03. The summed E-state index contributed by atoms with van der Waals surface area (Å²) in [7, 11) is 0. The Morgan fingerprint density at radius 3 is 2.52 bits per heavy atom. The molecular weight excluding hydrogens is 342 g/mol. The van der Waals surface area contributed by atoms with E-state index in [2.05, 4.69) is 51.2 Å². The Morgan fingerprint density at radius 2 is 1.81 bits per heavy atom. The van der Waals surface area contributed by atoms with Gasteiger partial charge in [-0.05, 0) is 39.2 Å². The lowest BCUT2D eigenvalue weighted by atomic mass is 10.1. The van der Waals surface area contributed by atoms with Crippen molar-refractivity contribution in [3.8, 4) is 0 Å². The molecule has 0 bridgehead atoms. The molecule has 7 heteroatoms. The van der Waals surface area contributed by atoms with E-state index in [4.69, 9.17) is 4.74 Å². The summed E-state index contributed by atoms with van der Waals surface area (Å²) in [5.41, 5.74) is 3.75. The number of aryl methyl sites for hydroxylation is 3. The number of piperidine rings is 1. The van der Waals surface area contributed by atoms with Crippen molar-refractivity contribution in [2.45, 2.75) is 46.3 Å². The number of hydrogen-bond donors (Lipinski definition) is 1. The molecular formula is C20H25N5O2. The second-order valence-corrected chi connectivity index (χ2v) is 7.28. The molecule has 0 saturated carbocycles. The van der Waals surface area contributed by atoms with Crippen LogP contribution in [0, 0.1) is 20.8 Å². The summed E-state index contributed by atoms with van der Waals surface area (Å²) in [6, 6.07) is 8.44. The van der Waals surface area contributed by atoms with Crippen LogP contribution in [0.25, 0.3) is 5.78 Å². The van der Waals surface area contributed by atoms with Gasteiger partial charge in [0.2, 0.25) is 0 Å². The standard InChI is InChI=1S/C20H25N5O2/c1-13-4-6-16(7-5-13)12-27-17-8-10-24(11-9-17)18-14(2)21-20-22-15(3)23-25(20)19(18)26/h4-7,17H,8-12H2,1-3H3,(H,21,22,23). The van der Waals surface area contributed by atoms with Gasteiger partial charge in [0.25, 0.3) is 11.3 Å². The highest BCUT2D eigenvalue weighted by Gasteiger charge is 2.24. The molecule has 1 aliphatic heterocycles. The predicted molar refractivity (Wildman–Crippen MR) is 104 cm³/mol. The molecule has 0 amide bonds. The lowest BCUT2D eigenvalue weighted by molar-refractivity contribution is 0.0251. The maximum atomic E-state index is 12.9. The molecule has 3 aromatic rings. The van der Waals surface area contributed by atoms with Crippen LogP contribution in [0.15, 0.2) is 29.1 Å². The van der Waals surface area contributed by atoms with E-state index < -0.39 is 0 Å². The number of hydrogen-bond acceptors (Lipinski definition) is 5. The number of aromatic amines is 1. The third-order valence-electron chi connectivity index (χ3n) is 5.12. The lowest BCUT2D eigenvalue weighted by Gasteiger charge is -2.33. The SMILES string of the molecule is Cc1ccc(COC2CCN(c3c(C)nc4nc(C)[nH]n4c3=O)CC2)cc1. The minimum atomic E-state index is -0.0860. The number of H-pyrrole nitrogens is 1. The van der Waals surface area contributed by atoms with Gasteiger partial charge < -0.3 is 9.64 Å². The summed E-state index contributed by atoms with van der Waals surface area (Å²) < 4.78 is 7.51. The molecule has 1 saturated heterocycles. The average molecular weight is 367 g/mol. The molecule has 3 heterocycles. The van der Waals surface area contributed by atoms with Crippen LogP contribution in [0.1, 0.15) is 35.5 Å². The second-order valence-electron chi connectivity index (χ2n) is 7.28. The predicted octanol–water partition coefficient (Wildman–Crippen LogP) is 2.53. The van der Waals surface area contributed by atoms with Crippen LogP contribution >= 0.6 is 0 Å². The Bertz CT molecular complexity index is 998. The topological polar surface area (TPSA) is 75.5 Å². The van der Waals surface area contributed by atoms with E-state index in [9.17, 15) is 4.79 Å². The number of ether oxygens (including phenoxy) is 1. The van der Waals surface area contributed by atoms with Crippen LogP contribution in [0.4, 0.5) is 5.69 Å². The van der Waals surface area contributed by atoms with E-state index in [-0.39, 0.29) is 11.7 Å². The Labute approximate surface area is 158 Å². The maximum absolute atomic E-state index is 12.9. The first-order valence-electron chi connectivity index (χ1n) is 9.39. The van der Waals surface area contributed by atoms with Crippen molar-refractivity contribution >= 4 is 11.5 Å². The third kappa shape index (κ3) is 3.60. The molecule has 0 radical (unpaired) electrons. The molecule has 1 aromatic carbocycles. The normalized spacial score (nSPS) is 15.6. The fourth-order valence-electron chi connectivity index (χ4n) is 3.63. The van der Waals surface area contributed by atoms with Crippen LogP contribution in [0.2, 0.25) is 0 Å². The van der Waals surface area contributed by atoms with Gasteiger partial charge >= 0.3 is 0 Å². The van der Waals surface area contributed by atoms with Crippen molar-refractivity contribution in [1.29, 1.82) is 0 Å². The van der Waals surface area contributed by atoms with Gasteiger partial charge in [-0.2, -0.15) is 9.50 Å². The van der Waals surface area contributed by atoms with Gasteiger partial charge in [-0.25, -0.2) is 4.98 Å². The quantitative estimate of drug-likeness (QED) is 0.767. The van der Waals surface area contributed by atoms with Crippen molar-refractivity contribution in [2.75, 3.05) is 18.0 Å². The van der Waals surface area contributed by atoms with Gasteiger partial charge in [0, 0.05) is 13.1 Å². The smallest absolute Gasteiger partial charge is 0.297 e. The molecule has 2 aromatic heterocycles. The summed E-state index contributed by atoms with van der Waals surface area (Å²) in [6.45, 7) is 7.99. The Hall–Kier alpha value is -2.67. The summed E-state index contributed by atoms with van der Waals surface area (Å²) in [5, 5.41) is 2.96. The van der Waals surface area contributed by atoms with Gasteiger partial charge in [0.1, 0.15) is 11.5 Å². The third-order valence-corrected chi connectivity index (χ3v) is 5.12. The minimum absolute atomic E-state index is 0.0860. The number of rotatable bonds is 4. The summed E-state index contributed by atoms with van der Waals surface area (Å²) in [5.74, 6) is 1.11. The molecule has 0 unspecified atom stereocenters. The number of benzene rings is 1. The van der Waals surface area contributed by atoms with E-state index >= 15 is 0 Å². The van der Waals surface area contributed by atoms with Gasteiger partial charge in [-0.15, -0.1) is 0 Å². The molecule has 7 nitrogen and oxygen atoms in total. The number of nitrogens with one attached hydrogen (secondary N) is 1. The largest absolute Gasteiger partial charge is 0.373 e. The number of aromatic nitrogens is 4. The first kappa shape index (κ1) is 17.7. The summed E-state index contributed by atoms with van der Waals surface area (Å²) >= 11 is 0. The van der Waals surface area contributed by atoms with Crippen LogP contribution in [-0.4, -0.2) is 38.8 Å². The van der Waals surface area contributed by atoms with Gasteiger partial charge in [-0.3, -0.25) is 9.89 Å². The van der Waals surface area contributed by atoms with Crippen molar-refractivity contribution in [3.63, 3.8) is 0 Å². The Kier molecular flexibility index (Phi) is 4.70. The Balaban J connectivity index is 1.42. The highest BCUT2D eigenvalue weighted by Crippen LogP contribution is 2.22. The number of nitrogens with zero attached hydrogens (tertiary/aromatic N) is 4. The zero-order valence-corrected chi connectivity index (χ0v) is 16.0. The van der Waals surface area contributed by atoms with Crippen molar-refractivity contribution in [1.82, 2.24) is 19.6 Å². The fraction of sp³-hybridized carbons (Fsp3) is 0.450. The molecule has 0 atom stereocenters. The van der Waals surface area contributed by atoms with E-state index in [1.807, 2.05) is 13.8 Å². The number of fused-ring (bicyclic) bond motifs is 1. The van der Waals surface area contributed by atoms with E-state index in [1.165, 1.54) is 15.6 Å². The van der Waals surface area contributed by atoms with Crippen molar-refractivity contribution in [3.05, 3.63) is 57.3 Å². The molecule has 1 fully saturated rings. The molecule has 142 valence electrons. The summed E-state index contributed by atoms with van der Waals surface area (Å²) in [6.07, 6.45) is 2.02. The van der Waals surface area contributed by atoms with E-state index in [0.29, 0.717) is 23.9 Å². The van der Waals surface area contributed by atoms with Crippen LogP contribution in [0.3, 0.4) is 0 Å². The van der Waals surface area contributed by atoms with Gasteiger partial charge in [-0.1, -0.05) is 29.8 Å². The molecule has 1 aliphatic rings. The second kappa shape index (κ2) is 7.15. The van der Waals surface area contributed by atoms with E-state index in [0.717, 1.165) is 31.6 Å². The zero-order chi connectivity index (χ0) is 19.0. The highest BCUT2D eigenvalue weighted by molar-refractivity contribution is 5.52. The molecule has 4 rings (SSSR count). The Morgan fingerprint density at radius 1 is 1.11 bits per heavy atom. The fourth-order valence-corrected chi connectivity index (χ4v) is 3.63. The first-order valence-corrected chi connectivity index (χ1v) is 9.39. The van der Waals surface area contributed by atoms with Gasteiger partial charge in [0.05, 0.1) is 18.4 Å². The minimum Gasteiger partial charge on any atom is -0.373 e. The summed E-state index contributed by atoms with van der Waals surface area (Å²) in [4.78, 5) is 23.7. The molecule has 0 spiro atoms. The zero-order valence-electron chi connectivity index (χ0n) is 16.0.